The zero-order valence-electron chi connectivity index (χ0n) is 15.3. The van der Waals surface area contributed by atoms with Crippen molar-refractivity contribution in [1.29, 1.82) is 0 Å². The Labute approximate surface area is 158 Å². The van der Waals surface area contributed by atoms with Gasteiger partial charge in [-0.1, -0.05) is 47.6 Å². The number of fused-ring (bicyclic) bond motifs is 1. The van der Waals surface area contributed by atoms with E-state index in [1.165, 1.54) is 16.3 Å². The van der Waals surface area contributed by atoms with Gasteiger partial charge in [0.25, 0.3) is 5.91 Å². The molecular weight excluding hydrogens is 338 g/mol. The molecule has 2 aromatic carbocycles. The van der Waals surface area contributed by atoms with Gasteiger partial charge in [-0.3, -0.25) is 9.69 Å². The molecule has 5 nitrogen and oxygen atoms in total. The van der Waals surface area contributed by atoms with E-state index in [0.717, 1.165) is 51.3 Å². The van der Waals surface area contributed by atoms with Gasteiger partial charge >= 0.3 is 0 Å². The number of aromatic nitrogens is 1. The minimum absolute atomic E-state index is 0.00420. The van der Waals surface area contributed by atoms with Crippen LogP contribution in [0.5, 0.6) is 0 Å². The molecule has 2 aliphatic rings. The second kappa shape index (κ2) is 6.82. The second-order valence-electron chi connectivity index (χ2n) is 7.60. The molecule has 2 fully saturated rings. The van der Waals surface area contributed by atoms with Gasteiger partial charge in [-0.05, 0) is 29.2 Å². The number of carbonyl (C=O) groups excluding carboxylic acids is 1. The molecule has 138 valence electrons. The highest BCUT2D eigenvalue weighted by Crippen LogP contribution is 2.40. The molecule has 0 unspecified atom stereocenters. The standard InChI is InChI=1S/C22H23N3O2/c26-22(20-14-21(27-23-20)17-8-9-17)25-12-10-24(11-13-25)15-18-6-3-5-16-4-1-2-7-19(16)18/h1-7,14,17H,8-13,15H2. The summed E-state index contributed by atoms with van der Waals surface area (Å²) >= 11 is 0. The Bertz CT molecular complexity index is 963. The van der Waals surface area contributed by atoms with Crippen molar-refractivity contribution in [2.24, 2.45) is 0 Å². The number of nitrogens with zero attached hydrogens (tertiary/aromatic N) is 3. The van der Waals surface area contributed by atoms with Gasteiger partial charge in [0.2, 0.25) is 0 Å². The van der Waals surface area contributed by atoms with Gasteiger partial charge in [0.1, 0.15) is 5.76 Å². The zero-order chi connectivity index (χ0) is 18.2. The topological polar surface area (TPSA) is 49.6 Å². The number of rotatable bonds is 4. The van der Waals surface area contributed by atoms with E-state index in [-0.39, 0.29) is 5.91 Å². The molecular formula is C22H23N3O2. The highest BCUT2D eigenvalue weighted by atomic mass is 16.5. The molecule has 1 aromatic heterocycles. The fourth-order valence-electron chi connectivity index (χ4n) is 3.89. The molecule has 0 spiro atoms. The van der Waals surface area contributed by atoms with Crippen LogP contribution in [-0.4, -0.2) is 47.0 Å². The first-order valence-electron chi connectivity index (χ1n) is 9.73. The fraction of sp³-hybridized carbons (Fsp3) is 0.364. The average Bonchev–Trinajstić information content (AvgIpc) is 3.45. The molecule has 0 bridgehead atoms. The molecule has 0 atom stereocenters. The van der Waals surface area contributed by atoms with E-state index in [4.69, 9.17) is 4.52 Å². The van der Waals surface area contributed by atoms with E-state index in [0.29, 0.717) is 11.6 Å². The molecule has 5 rings (SSSR count). The first kappa shape index (κ1) is 16.5. The van der Waals surface area contributed by atoms with Crippen LogP contribution in [0.1, 0.15) is 40.6 Å². The number of hydrogen-bond acceptors (Lipinski definition) is 4. The van der Waals surface area contributed by atoms with Gasteiger partial charge in [0.15, 0.2) is 5.69 Å². The van der Waals surface area contributed by atoms with Crippen LogP contribution in [0.4, 0.5) is 0 Å². The summed E-state index contributed by atoms with van der Waals surface area (Å²) in [6, 6.07) is 16.8. The van der Waals surface area contributed by atoms with Crippen LogP contribution in [0.25, 0.3) is 10.8 Å². The molecule has 0 radical (unpaired) electrons. The van der Waals surface area contributed by atoms with E-state index in [1.807, 2.05) is 11.0 Å². The lowest BCUT2D eigenvalue weighted by atomic mass is 10.0. The summed E-state index contributed by atoms with van der Waals surface area (Å²) in [5.74, 6) is 1.35. The maximum atomic E-state index is 12.7. The Kier molecular flexibility index (Phi) is 4.17. The van der Waals surface area contributed by atoms with Gasteiger partial charge in [-0.25, -0.2) is 0 Å². The number of benzene rings is 2. The first-order chi connectivity index (χ1) is 13.3. The van der Waals surface area contributed by atoms with Crippen molar-refractivity contribution in [3.8, 4) is 0 Å². The molecule has 5 heteroatoms. The van der Waals surface area contributed by atoms with Gasteiger partial charge in [-0.15, -0.1) is 0 Å². The summed E-state index contributed by atoms with van der Waals surface area (Å²) < 4.78 is 5.33. The van der Waals surface area contributed by atoms with Crippen molar-refractivity contribution in [1.82, 2.24) is 15.0 Å². The van der Waals surface area contributed by atoms with Crippen LogP contribution in [0.3, 0.4) is 0 Å². The quantitative estimate of drug-likeness (QED) is 0.712. The summed E-state index contributed by atoms with van der Waals surface area (Å²) in [5.41, 5.74) is 1.80. The third-order valence-electron chi connectivity index (χ3n) is 5.66. The molecule has 3 aromatic rings. The molecule has 0 N–H and O–H groups in total. The molecule has 1 amide bonds. The zero-order valence-corrected chi connectivity index (χ0v) is 15.3. The summed E-state index contributed by atoms with van der Waals surface area (Å²) in [6.07, 6.45) is 2.30. The number of carbonyl (C=O) groups is 1. The van der Waals surface area contributed by atoms with Crippen LogP contribution < -0.4 is 0 Å². The molecule has 1 aliphatic carbocycles. The smallest absolute Gasteiger partial charge is 0.276 e. The minimum Gasteiger partial charge on any atom is -0.360 e. The van der Waals surface area contributed by atoms with E-state index in [2.05, 4.69) is 52.5 Å². The van der Waals surface area contributed by atoms with Crippen molar-refractivity contribution in [2.75, 3.05) is 26.2 Å². The van der Waals surface area contributed by atoms with Crippen molar-refractivity contribution in [3.63, 3.8) is 0 Å². The van der Waals surface area contributed by atoms with E-state index in [9.17, 15) is 4.79 Å². The Morgan fingerprint density at radius 3 is 2.63 bits per heavy atom. The maximum Gasteiger partial charge on any atom is 0.276 e. The fourth-order valence-corrected chi connectivity index (χ4v) is 3.89. The minimum atomic E-state index is -0.00420. The van der Waals surface area contributed by atoms with Crippen LogP contribution in [0.2, 0.25) is 0 Å². The largest absolute Gasteiger partial charge is 0.360 e. The molecule has 1 saturated carbocycles. The average molecular weight is 361 g/mol. The highest BCUT2D eigenvalue weighted by molar-refractivity contribution is 5.92. The van der Waals surface area contributed by atoms with Gasteiger partial charge in [0.05, 0.1) is 0 Å². The summed E-state index contributed by atoms with van der Waals surface area (Å²) in [6.45, 7) is 4.13. The maximum absolute atomic E-state index is 12.7. The van der Waals surface area contributed by atoms with Crippen molar-refractivity contribution < 1.29 is 9.32 Å². The molecule has 1 saturated heterocycles. The van der Waals surface area contributed by atoms with Crippen molar-refractivity contribution in [2.45, 2.75) is 25.3 Å². The Hall–Kier alpha value is -2.66. The number of piperazine rings is 1. The Morgan fingerprint density at radius 1 is 1.04 bits per heavy atom. The van der Waals surface area contributed by atoms with E-state index >= 15 is 0 Å². The normalized spacial score (nSPS) is 18.1. The lowest BCUT2D eigenvalue weighted by Gasteiger charge is -2.34. The van der Waals surface area contributed by atoms with Gasteiger partial charge < -0.3 is 9.42 Å². The summed E-state index contributed by atoms with van der Waals surface area (Å²) in [5, 5.41) is 6.59. The van der Waals surface area contributed by atoms with Crippen molar-refractivity contribution >= 4 is 16.7 Å². The lowest BCUT2D eigenvalue weighted by Crippen LogP contribution is -2.48. The van der Waals surface area contributed by atoms with Crippen LogP contribution in [-0.2, 0) is 6.54 Å². The predicted octanol–water partition coefficient (Wildman–Crippen LogP) is 3.66. The van der Waals surface area contributed by atoms with Gasteiger partial charge in [0, 0.05) is 44.7 Å². The monoisotopic (exact) mass is 361 g/mol. The van der Waals surface area contributed by atoms with Crippen LogP contribution in [0.15, 0.2) is 53.1 Å². The van der Waals surface area contributed by atoms with Crippen molar-refractivity contribution in [3.05, 3.63) is 65.5 Å². The number of amides is 1. The third-order valence-corrected chi connectivity index (χ3v) is 5.66. The Morgan fingerprint density at radius 2 is 1.81 bits per heavy atom. The van der Waals surface area contributed by atoms with Gasteiger partial charge in [-0.2, -0.15) is 0 Å². The molecule has 27 heavy (non-hydrogen) atoms. The summed E-state index contributed by atoms with van der Waals surface area (Å²) in [4.78, 5) is 17.0. The lowest BCUT2D eigenvalue weighted by molar-refractivity contribution is 0.0619. The van der Waals surface area contributed by atoms with E-state index < -0.39 is 0 Å². The summed E-state index contributed by atoms with van der Waals surface area (Å²) in [7, 11) is 0. The van der Waals surface area contributed by atoms with Crippen LogP contribution in [0, 0.1) is 0 Å². The Balaban J connectivity index is 1.22. The highest BCUT2D eigenvalue weighted by Gasteiger charge is 2.30. The number of hydrogen-bond donors (Lipinski definition) is 0. The third kappa shape index (κ3) is 3.35. The van der Waals surface area contributed by atoms with Crippen LogP contribution >= 0.6 is 0 Å². The predicted molar refractivity (Wildman–Crippen MR) is 104 cm³/mol. The molecule has 1 aliphatic heterocycles. The first-order valence-corrected chi connectivity index (χ1v) is 9.73. The van der Waals surface area contributed by atoms with E-state index in [1.54, 1.807) is 0 Å². The molecule has 2 heterocycles. The SMILES string of the molecule is O=C(c1cc(C2CC2)on1)N1CCN(Cc2cccc3ccccc23)CC1. The second-order valence-corrected chi connectivity index (χ2v) is 7.60.